The molecule has 0 aliphatic heterocycles. The molecule has 3 N–H and O–H groups in total. The molecule has 11 nitrogen and oxygen atoms in total. The highest BCUT2D eigenvalue weighted by atomic mass is 16.5. The molecular weight excluding hydrogens is 452 g/mol. The van der Waals surface area contributed by atoms with Gasteiger partial charge in [-0.2, -0.15) is 0 Å². The molecule has 0 unspecified atom stereocenters. The summed E-state index contributed by atoms with van der Waals surface area (Å²) in [7, 11) is 3.12. The van der Waals surface area contributed by atoms with Gasteiger partial charge in [-0.15, -0.1) is 5.10 Å². The third-order valence-corrected chi connectivity index (χ3v) is 5.22. The van der Waals surface area contributed by atoms with Crippen LogP contribution in [0.2, 0.25) is 0 Å². The van der Waals surface area contributed by atoms with Crippen LogP contribution in [0.25, 0.3) is 11.5 Å². The molecule has 2 aromatic heterocycles. The highest BCUT2D eigenvalue weighted by Gasteiger charge is 2.20. The SMILES string of the molecule is CCOc1ccc(-c2nc(Cn3nnc(C(=O)Nc4cccc(OC)c4)c3N)c(C)o2)cc1OC. The molecule has 11 heteroatoms. The van der Waals surface area contributed by atoms with Crippen molar-refractivity contribution in [3.63, 3.8) is 0 Å². The summed E-state index contributed by atoms with van der Waals surface area (Å²) in [6, 6.07) is 12.4. The number of carbonyl (C=O) groups excluding carboxylic acids is 1. The van der Waals surface area contributed by atoms with Gasteiger partial charge in [0.2, 0.25) is 5.89 Å². The van der Waals surface area contributed by atoms with E-state index in [0.29, 0.717) is 46.9 Å². The lowest BCUT2D eigenvalue weighted by molar-refractivity contribution is 0.102. The summed E-state index contributed by atoms with van der Waals surface area (Å²) in [6.07, 6.45) is 0. The number of nitrogens with one attached hydrogen (secondary N) is 1. The first-order chi connectivity index (χ1) is 16.9. The molecule has 35 heavy (non-hydrogen) atoms. The number of nitrogen functional groups attached to an aromatic ring is 1. The Labute approximate surface area is 201 Å². The number of rotatable bonds is 9. The van der Waals surface area contributed by atoms with Gasteiger partial charge in [0, 0.05) is 17.3 Å². The molecule has 1 amide bonds. The lowest BCUT2D eigenvalue weighted by Crippen LogP contribution is -2.15. The molecule has 4 aromatic rings. The third-order valence-electron chi connectivity index (χ3n) is 5.22. The van der Waals surface area contributed by atoms with Gasteiger partial charge in [0.15, 0.2) is 23.0 Å². The van der Waals surface area contributed by atoms with E-state index in [2.05, 4.69) is 20.6 Å². The fourth-order valence-electron chi connectivity index (χ4n) is 3.41. The van der Waals surface area contributed by atoms with E-state index in [1.165, 1.54) is 4.68 Å². The van der Waals surface area contributed by atoms with Crippen LogP contribution < -0.4 is 25.3 Å². The van der Waals surface area contributed by atoms with Crippen molar-refractivity contribution in [2.45, 2.75) is 20.4 Å². The van der Waals surface area contributed by atoms with Gasteiger partial charge < -0.3 is 29.7 Å². The van der Waals surface area contributed by atoms with Gasteiger partial charge in [-0.05, 0) is 44.2 Å². The predicted octanol–water partition coefficient (Wildman–Crippen LogP) is 3.54. The monoisotopic (exact) mass is 478 g/mol. The number of aryl methyl sites for hydroxylation is 1. The molecule has 0 fully saturated rings. The summed E-state index contributed by atoms with van der Waals surface area (Å²) in [5.74, 6) is 2.45. The number of amides is 1. The Morgan fingerprint density at radius 1 is 1.14 bits per heavy atom. The largest absolute Gasteiger partial charge is 0.497 e. The Morgan fingerprint density at radius 2 is 1.97 bits per heavy atom. The minimum absolute atomic E-state index is 0.00504. The highest BCUT2D eigenvalue weighted by molar-refractivity contribution is 6.05. The van der Waals surface area contributed by atoms with Crippen LogP contribution in [0.1, 0.15) is 28.9 Å². The van der Waals surface area contributed by atoms with Gasteiger partial charge >= 0.3 is 0 Å². The zero-order valence-corrected chi connectivity index (χ0v) is 19.9. The number of carbonyl (C=O) groups is 1. The van der Waals surface area contributed by atoms with Crippen molar-refractivity contribution in [3.05, 3.63) is 59.6 Å². The normalized spacial score (nSPS) is 10.7. The molecule has 0 saturated carbocycles. The average molecular weight is 479 g/mol. The van der Waals surface area contributed by atoms with Crippen LogP contribution in [0.5, 0.6) is 17.2 Å². The minimum Gasteiger partial charge on any atom is -0.497 e. The number of benzene rings is 2. The van der Waals surface area contributed by atoms with Gasteiger partial charge in [-0.25, -0.2) is 9.67 Å². The second-order valence-electron chi connectivity index (χ2n) is 7.49. The van der Waals surface area contributed by atoms with E-state index in [1.807, 2.05) is 13.0 Å². The molecule has 0 atom stereocenters. The van der Waals surface area contributed by atoms with Gasteiger partial charge in [-0.1, -0.05) is 11.3 Å². The molecule has 0 spiro atoms. The average Bonchev–Trinajstić information content (AvgIpc) is 3.42. The number of methoxy groups -OCH3 is 2. The Kier molecular flexibility index (Phi) is 6.86. The first-order valence-corrected chi connectivity index (χ1v) is 10.8. The second-order valence-corrected chi connectivity index (χ2v) is 7.49. The topological polar surface area (TPSA) is 140 Å². The van der Waals surface area contributed by atoms with Gasteiger partial charge in [0.05, 0.1) is 27.4 Å². The second kappa shape index (κ2) is 10.2. The lowest BCUT2D eigenvalue weighted by atomic mass is 10.2. The minimum atomic E-state index is -0.485. The smallest absolute Gasteiger partial charge is 0.280 e. The summed E-state index contributed by atoms with van der Waals surface area (Å²) in [4.78, 5) is 17.3. The quantitative estimate of drug-likeness (QED) is 0.370. The third kappa shape index (κ3) is 5.03. The fraction of sp³-hybridized carbons (Fsp3) is 0.250. The lowest BCUT2D eigenvalue weighted by Gasteiger charge is -2.09. The van der Waals surface area contributed by atoms with Crippen molar-refractivity contribution >= 4 is 17.4 Å². The van der Waals surface area contributed by atoms with Crippen molar-refractivity contribution in [2.24, 2.45) is 0 Å². The maximum atomic E-state index is 12.7. The zero-order valence-electron chi connectivity index (χ0n) is 19.9. The van der Waals surface area contributed by atoms with Crippen LogP contribution >= 0.6 is 0 Å². The van der Waals surface area contributed by atoms with Crippen LogP contribution in [0.4, 0.5) is 11.5 Å². The van der Waals surface area contributed by atoms with Crippen LogP contribution in [0, 0.1) is 6.92 Å². The molecule has 0 radical (unpaired) electrons. The standard InChI is InChI=1S/C24H26N6O5/c1-5-34-19-10-9-15(11-20(19)33-4)24-27-18(14(2)35-24)13-30-22(25)21(28-29-30)23(31)26-16-7-6-8-17(12-16)32-3/h6-12H,5,13,25H2,1-4H3,(H,26,31). The maximum absolute atomic E-state index is 12.7. The van der Waals surface area contributed by atoms with Crippen molar-refractivity contribution < 1.29 is 23.4 Å². The zero-order chi connectivity index (χ0) is 24.9. The van der Waals surface area contributed by atoms with Crippen molar-refractivity contribution in [3.8, 4) is 28.7 Å². The van der Waals surface area contributed by atoms with Crippen LogP contribution in [-0.2, 0) is 6.54 Å². The Morgan fingerprint density at radius 3 is 2.71 bits per heavy atom. The van der Waals surface area contributed by atoms with Crippen molar-refractivity contribution in [1.29, 1.82) is 0 Å². The summed E-state index contributed by atoms with van der Waals surface area (Å²) in [5.41, 5.74) is 8.06. The number of nitrogens with two attached hydrogens (primary N) is 1. The first-order valence-electron chi connectivity index (χ1n) is 10.8. The molecule has 0 aliphatic rings. The van der Waals surface area contributed by atoms with Crippen LogP contribution in [0.3, 0.4) is 0 Å². The van der Waals surface area contributed by atoms with E-state index in [0.717, 1.165) is 5.56 Å². The summed E-state index contributed by atoms with van der Waals surface area (Å²) >= 11 is 0. The highest BCUT2D eigenvalue weighted by Crippen LogP contribution is 2.33. The maximum Gasteiger partial charge on any atom is 0.280 e. The van der Waals surface area contributed by atoms with E-state index < -0.39 is 5.91 Å². The predicted molar refractivity (Wildman–Crippen MR) is 129 cm³/mol. The summed E-state index contributed by atoms with van der Waals surface area (Å²) in [6.45, 7) is 4.40. The molecule has 4 rings (SSSR count). The van der Waals surface area contributed by atoms with Crippen LogP contribution in [0.15, 0.2) is 46.9 Å². The summed E-state index contributed by atoms with van der Waals surface area (Å²) in [5, 5.41) is 10.7. The molecule has 2 heterocycles. The van der Waals surface area contributed by atoms with Crippen molar-refractivity contribution in [2.75, 3.05) is 31.9 Å². The molecule has 0 saturated heterocycles. The van der Waals surface area contributed by atoms with E-state index in [9.17, 15) is 4.79 Å². The van der Waals surface area contributed by atoms with Gasteiger partial charge in [0.1, 0.15) is 17.2 Å². The molecule has 0 bridgehead atoms. The van der Waals surface area contributed by atoms with Crippen LogP contribution in [-0.4, -0.2) is 46.7 Å². The Hall–Kier alpha value is -4.54. The molecule has 2 aromatic carbocycles. The van der Waals surface area contributed by atoms with E-state index >= 15 is 0 Å². The van der Waals surface area contributed by atoms with Gasteiger partial charge in [0.25, 0.3) is 5.91 Å². The van der Waals surface area contributed by atoms with E-state index in [4.69, 9.17) is 24.4 Å². The fourth-order valence-corrected chi connectivity index (χ4v) is 3.41. The number of oxazole rings is 1. The Balaban J connectivity index is 1.52. The number of nitrogens with zero attached hydrogens (tertiary/aromatic N) is 4. The molecule has 0 aliphatic carbocycles. The summed E-state index contributed by atoms with van der Waals surface area (Å²) < 4.78 is 23.4. The number of hydrogen-bond donors (Lipinski definition) is 2. The van der Waals surface area contributed by atoms with E-state index in [-0.39, 0.29) is 18.1 Å². The first kappa shape index (κ1) is 23.6. The number of anilines is 2. The van der Waals surface area contributed by atoms with Gasteiger partial charge in [-0.3, -0.25) is 4.79 Å². The number of aromatic nitrogens is 4. The molecular formula is C24H26N6O5. The number of ether oxygens (including phenoxy) is 3. The molecule has 182 valence electrons. The number of hydrogen-bond acceptors (Lipinski definition) is 9. The van der Waals surface area contributed by atoms with Crippen molar-refractivity contribution in [1.82, 2.24) is 20.0 Å². The Bertz CT molecular complexity index is 1350. The van der Waals surface area contributed by atoms with E-state index in [1.54, 1.807) is 57.5 Å².